The van der Waals surface area contributed by atoms with Crippen molar-refractivity contribution in [2.75, 3.05) is 19.8 Å². The van der Waals surface area contributed by atoms with Crippen LogP contribution in [-0.2, 0) is 6.42 Å². The zero-order chi connectivity index (χ0) is 16.4. The molecule has 0 fully saturated rings. The summed E-state index contributed by atoms with van der Waals surface area (Å²) in [4.78, 5) is 17.1. The second kappa shape index (κ2) is 6.48. The second-order valence-electron chi connectivity index (χ2n) is 6.05. The average molecular weight is 321 g/mol. The van der Waals surface area contributed by atoms with E-state index in [4.69, 9.17) is 9.47 Å². The molecule has 2 aromatic rings. The van der Waals surface area contributed by atoms with Crippen LogP contribution in [0.1, 0.15) is 34.3 Å². The molecule has 0 atom stereocenters. The first-order valence-corrected chi connectivity index (χ1v) is 8.36. The summed E-state index contributed by atoms with van der Waals surface area (Å²) in [6.07, 6.45) is 2.07. The third-order valence-corrected chi connectivity index (χ3v) is 4.39. The molecule has 2 aliphatic heterocycles. The normalized spacial score (nSPS) is 15.9. The molecule has 2 aromatic carbocycles. The van der Waals surface area contributed by atoms with Crippen molar-refractivity contribution >= 4 is 11.5 Å². The zero-order valence-electron chi connectivity index (χ0n) is 13.5. The second-order valence-corrected chi connectivity index (χ2v) is 6.05. The number of ether oxygens (including phenoxy) is 2. The quantitative estimate of drug-likeness (QED) is 0.813. The molecule has 0 radical (unpaired) electrons. The van der Waals surface area contributed by atoms with Crippen LogP contribution in [0.3, 0.4) is 0 Å². The molecule has 0 aliphatic carbocycles. The highest BCUT2D eigenvalue weighted by atomic mass is 16.5. The molecule has 0 spiro atoms. The zero-order valence-corrected chi connectivity index (χ0v) is 13.5. The summed E-state index contributed by atoms with van der Waals surface area (Å²) < 4.78 is 11.6. The van der Waals surface area contributed by atoms with Crippen LogP contribution in [0.5, 0.6) is 11.5 Å². The fourth-order valence-corrected chi connectivity index (χ4v) is 3.15. The topological polar surface area (TPSA) is 47.9 Å². The summed E-state index contributed by atoms with van der Waals surface area (Å²) >= 11 is 0. The van der Waals surface area contributed by atoms with Gasteiger partial charge in [-0.15, -0.1) is 0 Å². The Labute approximate surface area is 141 Å². The fourth-order valence-electron chi connectivity index (χ4n) is 3.15. The maximum atomic E-state index is 12.5. The van der Waals surface area contributed by atoms with Gasteiger partial charge in [-0.3, -0.25) is 9.79 Å². The average Bonchev–Trinajstić information content (AvgIpc) is 2.86. The summed E-state index contributed by atoms with van der Waals surface area (Å²) in [7, 11) is 0. The van der Waals surface area contributed by atoms with Crippen LogP contribution >= 0.6 is 0 Å². The van der Waals surface area contributed by atoms with E-state index in [9.17, 15) is 4.79 Å². The molecule has 24 heavy (non-hydrogen) atoms. The number of carbonyl (C=O) groups is 1. The molecule has 0 unspecified atom stereocenters. The van der Waals surface area contributed by atoms with E-state index in [-0.39, 0.29) is 5.78 Å². The Hall–Kier alpha value is -2.62. The van der Waals surface area contributed by atoms with Gasteiger partial charge in [-0.25, -0.2) is 0 Å². The number of hydrogen-bond donors (Lipinski definition) is 0. The minimum Gasteiger partial charge on any atom is -0.490 e. The van der Waals surface area contributed by atoms with Crippen LogP contribution < -0.4 is 9.47 Å². The highest BCUT2D eigenvalue weighted by Gasteiger charge is 2.22. The summed E-state index contributed by atoms with van der Waals surface area (Å²) in [6, 6.07) is 13.4. The van der Waals surface area contributed by atoms with Gasteiger partial charge in [0.1, 0.15) is 0 Å². The molecule has 4 rings (SSSR count). The summed E-state index contributed by atoms with van der Waals surface area (Å²) in [5, 5.41) is 0. The third-order valence-electron chi connectivity index (χ3n) is 4.39. The van der Waals surface area contributed by atoms with Crippen molar-refractivity contribution in [3.8, 4) is 11.5 Å². The molecule has 122 valence electrons. The van der Waals surface area contributed by atoms with Crippen molar-refractivity contribution in [3.05, 3.63) is 59.2 Å². The van der Waals surface area contributed by atoms with Crippen molar-refractivity contribution < 1.29 is 14.3 Å². The number of nitrogens with zero attached hydrogens (tertiary/aromatic N) is 1. The van der Waals surface area contributed by atoms with E-state index in [1.807, 2.05) is 36.4 Å². The summed E-state index contributed by atoms with van der Waals surface area (Å²) in [5.41, 5.74) is 3.78. The molecule has 0 saturated heterocycles. The lowest BCUT2D eigenvalue weighted by Gasteiger charge is -2.19. The lowest BCUT2D eigenvalue weighted by atomic mass is 9.93. The minimum absolute atomic E-state index is 0.0920. The molecular weight excluding hydrogens is 302 g/mol. The standard InChI is InChI=1S/C20H19NO3/c22-18(14-5-2-1-3-6-14)13-17-16-12-20-19(23-9-4-10-24-20)11-15(16)7-8-21-17/h1-3,5-6,11-12H,4,7-10,13H2. The number of aliphatic imine (C=N–C) groups is 1. The van der Waals surface area contributed by atoms with Crippen LogP contribution in [0, 0.1) is 0 Å². The number of fused-ring (bicyclic) bond motifs is 2. The van der Waals surface area contributed by atoms with Gasteiger partial charge in [-0.2, -0.15) is 0 Å². The summed E-state index contributed by atoms with van der Waals surface area (Å²) in [6.45, 7) is 2.05. The molecule has 4 nitrogen and oxygen atoms in total. The molecular formula is C20H19NO3. The predicted octanol–water partition coefficient (Wildman–Crippen LogP) is 3.47. The van der Waals surface area contributed by atoms with Crippen molar-refractivity contribution in [1.29, 1.82) is 0 Å². The highest BCUT2D eigenvalue weighted by Crippen LogP contribution is 2.35. The van der Waals surface area contributed by atoms with E-state index in [1.165, 1.54) is 5.56 Å². The Morgan fingerprint density at radius 1 is 1.04 bits per heavy atom. The molecule has 2 heterocycles. The Morgan fingerprint density at radius 2 is 1.79 bits per heavy atom. The molecule has 4 heteroatoms. The first-order valence-electron chi connectivity index (χ1n) is 8.36. The van der Waals surface area contributed by atoms with E-state index >= 15 is 0 Å². The maximum Gasteiger partial charge on any atom is 0.168 e. The van der Waals surface area contributed by atoms with Crippen LogP contribution in [0.25, 0.3) is 0 Å². The monoisotopic (exact) mass is 321 g/mol. The largest absolute Gasteiger partial charge is 0.490 e. The number of hydrogen-bond acceptors (Lipinski definition) is 4. The molecule has 0 amide bonds. The smallest absolute Gasteiger partial charge is 0.168 e. The summed E-state index contributed by atoms with van der Waals surface area (Å²) in [5.74, 6) is 1.66. The Bertz CT molecular complexity index is 796. The van der Waals surface area contributed by atoms with Crippen molar-refractivity contribution in [3.63, 3.8) is 0 Å². The first-order chi connectivity index (χ1) is 11.8. The van der Waals surface area contributed by atoms with Gasteiger partial charge in [0.05, 0.1) is 25.3 Å². The molecule has 0 saturated carbocycles. The fraction of sp³-hybridized carbons (Fsp3) is 0.300. The van der Waals surface area contributed by atoms with Crippen molar-refractivity contribution in [1.82, 2.24) is 0 Å². The van der Waals surface area contributed by atoms with Crippen molar-refractivity contribution in [2.24, 2.45) is 4.99 Å². The molecule has 0 N–H and O–H groups in total. The number of carbonyl (C=O) groups excluding carboxylic acids is 1. The minimum atomic E-state index is 0.0920. The van der Waals surface area contributed by atoms with Crippen LogP contribution in [-0.4, -0.2) is 31.3 Å². The molecule has 0 bridgehead atoms. The number of Topliss-reactive ketones (excluding diaryl/α,β-unsaturated/α-hetero) is 1. The van der Waals surface area contributed by atoms with Gasteiger partial charge in [-0.05, 0) is 24.1 Å². The SMILES string of the molecule is O=C(CC1=NCCc2cc3c(cc21)OCCCO3)c1ccccc1. The lowest BCUT2D eigenvalue weighted by Crippen LogP contribution is -2.17. The number of ketones is 1. The third kappa shape index (κ3) is 2.92. The van der Waals surface area contributed by atoms with Gasteiger partial charge in [-0.1, -0.05) is 30.3 Å². The van der Waals surface area contributed by atoms with Gasteiger partial charge in [0.2, 0.25) is 0 Å². The Balaban J connectivity index is 1.64. The van der Waals surface area contributed by atoms with Gasteiger partial charge < -0.3 is 9.47 Å². The predicted molar refractivity (Wildman–Crippen MR) is 92.5 cm³/mol. The van der Waals surface area contributed by atoms with E-state index in [1.54, 1.807) is 0 Å². The van der Waals surface area contributed by atoms with E-state index in [0.717, 1.165) is 41.2 Å². The van der Waals surface area contributed by atoms with Crippen LogP contribution in [0.2, 0.25) is 0 Å². The Morgan fingerprint density at radius 3 is 2.58 bits per heavy atom. The molecule has 2 aliphatic rings. The molecule has 0 aromatic heterocycles. The van der Waals surface area contributed by atoms with Crippen LogP contribution in [0.4, 0.5) is 0 Å². The van der Waals surface area contributed by atoms with E-state index in [0.29, 0.717) is 26.2 Å². The lowest BCUT2D eigenvalue weighted by molar-refractivity contribution is 0.100. The van der Waals surface area contributed by atoms with Gasteiger partial charge in [0.15, 0.2) is 17.3 Å². The Kier molecular flexibility index (Phi) is 4.03. The highest BCUT2D eigenvalue weighted by molar-refractivity contribution is 6.16. The number of rotatable bonds is 3. The van der Waals surface area contributed by atoms with Gasteiger partial charge in [0.25, 0.3) is 0 Å². The van der Waals surface area contributed by atoms with E-state index < -0.39 is 0 Å². The van der Waals surface area contributed by atoms with Gasteiger partial charge in [0, 0.05) is 24.1 Å². The maximum absolute atomic E-state index is 12.5. The van der Waals surface area contributed by atoms with Crippen molar-refractivity contribution in [2.45, 2.75) is 19.3 Å². The number of benzene rings is 2. The van der Waals surface area contributed by atoms with Crippen LogP contribution in [0.15, 0.2) is 47.5 Å². The van der Waals surface area contributed by atoms with Gasteiger partial charge >= 0.3 is 0 Å². The van der Waals surface area contributed by atoms with E-state index in [2.05, 4.69) is 11.1 Å². The first kappa shape index (κ1) is 14.9.